The normalized spacial score (nSPS) is 29.1. The van der Waals surface area contributed by atoms with Crippen molar-refractivity contribution in [1.82, 2.24) is 0 Å². The zero-order valence-electron chi connectivity index (χ0n) is 8.98. The molecule has 1 rings (SSSR count). The predicted octanol–water partition coefficient (Wildman–Crippen LogP) is 3.60. The van der Waals surface area contributed by atoms with Gasteiger partial charge >= 0.3 is 0 Å². The Hall–Kier alpha value is 0.250. The van der Waals surface area contributed by atoms with E-state index in [9.17, 15) is 0 Å². The molecular formula is C11H21ClO. The number of hydrogen-bond acceptors (Lipinski definition) is 1. The summed E-state index contributed by atoms with van der Waals surface area (Å²) in [6.07, 6.45) is 5.29. The van der Waals surface area contributed by atoms with Crippen LogP contribution in [-0.4, -0.2) is 17.6 Å². The molecule has 78 valence electrons. The van der Waals surface area contributed by atoms with Crippen molar-refractivity contribution in [2.75, 3.05) is 5.88 Å². The third-order valence-corrected chi connectivity index (χ3v) is 3.33. The highest BCUT2D eigenvalue weighted by Crippen LogP contribution is 2.32. The maximum absolute atomic E-state index is 5.90. The minimum atomic E-state index is 0.120. The lowest BCUT2D eigenvalue weighted by atomic mass is 10.0. The molecule has 1 heterocycles. The number of hydrogen-bond donors (Lipinski definition) is 0. The number of alkyl halides is 1. The van der Waals surface area contributed by atoms with E-state index in [4.69, 9.17) is 16.3 Å². The summed E-state index contributed by atoms with van der Waals surface area (Å²) in [5, 5.41) is 0. The molecule has 0 bridgehead atoms. The van der Waals surface area contributed by atoms with Crippen LogP contribution in [0.25, 0.3) is 0 Å². The molecule has 0 aromatic heterocycles. The van der Waals surface area contributed by atoms with E-state index in [1.165, 1.54) is 25.7 Å². The van der Waals surface area contributed by atoms with E-state index in [1.807, 2.05) is 0 Å². The van der Waals surface area contributed by atoms with Crippen LogP contribution in [0, 0.1) is 5.92 Å². The quantitative estimate of drug-likeness (QED) is 0.636. The predicted molar refractivity (Wildman–Crippen MR) is 57.3 cm³/mol. The molecule has 1 fully saturated rings. The van der Waals surface area contributed by atoms with Gasteiger partial charge in [0.25, 0.3) is 0 Å². The molecule has 0 N–H and O–H groups in total. The first kappa shape index (κ1) is 11.3. The van der Waals surface area contributed by atoms with E-state index in [-0.39, 0.29) is 5.60 Å². The monoisotopic (exact) mass is 204 g/mol. The lowest BCUT2D eigenvalue weighted by Gasteiger charge is -2.19. The zero-order valence-corrected chi connectivity index (χ0v) is 9.73. The van der Waals surface area contributed by atoms with Crippen molar-refractivity contribution in [1.29, 1.82) is 0 Å². The Morgan fingerprint density at radius 1 is 1.54 bits per heavy atom. The zero-order chi connectivity index (χ0) is 9.90. The smallest absolute Gasteiger partial charge is 0.0631 e. The van der Waals surface area contributed by atoms with Crippen molar-refractivity contribution in [3.63, 3.8) is 0 Å². The average molecular weight is 205 g/mol. The topological polar surface area (TPSA) is 9.23 Å². The molecule has 0 aromatic rings. The van der Waals surface area contributed by atoms with Crippen LogP contribution < -0.4 is 0 Å². The molecular weight excluding hydrogens is 184 g/mol. The highest BCUT2D eigenvalue weighted by molar-refractivity contribution is 6.18. The van der Waals surface area contributed by atoms with Crippen molar-refractivity contribution in [3.05, 3.63) is 0 Å². The largest absolute Gasteiger partial charge is 0.372 e. The third kappa shape index (κ3) is 3.86. The second-order valence-corrected chi connectivity index (χ2v) is 5.18. The number of ether oxygens (including phenoxy) is 1. The van der Waals surface area contributed by atoms with Crippen LogP contribution in [0.15, 0.2) is 0 Å². The molecule has 2 atom stereocenters. The molecule has 1 saturated heterocycles. The molecule has 0 aliphatic carbocycles. The minimum absolute atomic E-state index is 0.120. The van der Waals surface area contributed by atoms with Crippen LogP contribution in [-0.2, 0) is 4.74 Å². The van der Waals surface area contributed by atoms with Gasteiger partial charge in [0, 0.05) is 5.88 Å². The van der Waals surface area contributed by atoms with Gasteiger partial charge in [0.1, 0.15) is 0 Å². The molecule has 2 unspecified atom stereocenters. The van der Waals surface area contributed by atoms with Crippen LogP contribution in [0.3, 0.4) is 0 Å². The fourth-order valence-corrected chi connectivity index (χ4v) is 1.98. The van der Waals surface area contributed by atoms with Crippen LogP contribution in [0.4, 0.5) is 0 Å². The Morgan fingerprint density at radius 2 is 2.23 bits per heavy atom. The molecule has 2 heteroatoms. The Kier molecular flexibility index (Phi) is 4.06. The van der Waals surface area contributed by atoms with Gasteiger partial charge in [-0.15, -0.1) is 11.6 Å². The SMILES string of the molecule is CC(CCl)CCC1CCC(C)(C)O1. The van der Waals surface area contributed by atoms with Gasteiger partial charge in [0.05, 0.1) is 11.7 Å². The van der Waals surface area contributed by atoms with Crippen molar-refractivity contribution in [2.24, 2.45) is 5.92 Å². The molecule has 13 heavy (non-hydrogen) atoms. The van der Waals surface area contributed by atoms with Crippen molar-refractivity contribution in [3.8, 4) is 0 Å². The van der Waals surface area contributed by atoms with Gasteiger partial charge in [-0.2, -0.15) is 0 Å². The summed E-state index contributed by atoms with van der Waals surface area (Å²) in [6, 6.07) is 0. The molecule has 1 aliphatic heterocycles. The van der Waals surface area contributed by atoms with Crippen molar-refractivity contribution in [2.45, 2.75) is 58.2 Å². The summed E-state index contributed by atoms with van der Waals surface area (Å²) in [5.41, 5.74) is 0.120. The lowest BCUT2D eigenvalue weighted by molar-refractivity contribution is -0.0200. The molecule has 0 aromatic carbocycles. The Morgan fingerprint density at radius 3 is 2.69 bits per heavy atom. The van der Waals surface area contributed by atoms with E-state index in [0.29, 0.717) is 12.0 Å². The summed E-state index contributed by atoms with van der Waals surface area (Å²) >= 11 is 5.75. The van der Waals surface area contributed by atoms with Crippen molar-refractivity contribution >= 4 is 11.6 Å². The van der Waals surface area contributed by atoms with Gasteiger partial charge in [-0.1, -0.05) is 6.92 Å². The highest BCUT2D eigenvalue weighted by Gasteiger charge is 2.31. The molecule has 1 aliphatic rings. The molecule has 0 amide bonds. The maximum Gasteiger partial charge on any atom is 0.0631 e. The standard InChI is InChI=1S/C11H21ClO/c1-9(8-12)4-5-10-6-7-11(2,3)13-10/h9-10H,4-8H2,1-3H3. The number of halogens is 1. The first-order valence-electron chi connectivity index (χ1n) is 5.27. The van der Waals surface area contributed by atoms with Crippen LogP contribution >= 0.6 is 11.6 Å². The highest BCUT2D eigenvalue weighted by atomic mass is 35.5. The summed E-state index contributed by atoms with van der Waals surface area (Å²) in [4.78, 5) is 0. The second kappa shape index (κ2) is 4.65. The molecule has 0 saturated carbocycles. The van der Waals surface area contributed by atoms with E-state index < -0.39 is 0 Å². The fourth-order valence-electron chi connectivity index (χ4n) is 1.83. The summed E-state index contributed by atoms with van der Waals surface area (Å²) in [5.74, 6) is 1.41. The Balaban J connectivity index is 2.17. The van der Waals surface area contributed by atoms with Crippen LogP contribution in [0.5, 0.6) is 0 Å². The Labute approximate surface area is 86.8 Å². The Bertz CT molecular complexity index is 156. The van der Waals surface area contributed by atoms with Gasteiger partial charge in [0.15, 0.2) is 0 Å². The van der Waals surface area contributed by atoms with Gasteiger partial charge in [-0.3, -0.25) is 0 Å². The average Bonchev–Trinajstić information content (AvgIpc) is 2.41. The lowest BCUT2D eigenvalue weighted by Crippen LogP contribution is -2.20. The summed E-state index contributed by atoms with van der Waals surface area (Å²) in [7, 11) is 0. The molecule has 0 radical (unpaired) electrons. The first-order chi connectivity index (χ1) is 6.03. The molecule has 1 nitrogen and oxygen atoms in total. The van der Waals surface area contributed by atoms with Gasteiger partial charge in [-0.25, -0.2) is 0 Å². The number of rotatable bonds is 4. The minimum Gasteiger partial charge on any atom is -0.372 e. The first-order valence-corrected chi connectivity index (χ1v) is 5.81. The van der Waals surface area contributed by atoms with Gasteiger partial charge in [0.2, 0.25) is 0 Å². The van der Waals surface area contributed by atoms with E-state index >= 15 is 0 Å². The summed E-state index contributed by atoms with van der Waals surface area (Å²) < 4.78 is 5.90. The molecule has 0 spiro atoms. The van der Waals surface area contributed by atoms with Gasteiger partial charge < -0.3 is 4.74 Å². The van der Waals surface area contributed by atoms with E-state index in [0.717, 1.165) is 5.88 Å². The van der Waals surface area contributed by atoms with E-state index in [1.54, 1.807) is 0 Å². The second-order valence-electron chi connectivity index (χ2n) is 4.88. The van der Waals surface area contributed by atoms with Crippen LogP contribution in [0.1, 0.15) is 46.5 Å². The van der Waals surface area contributed by atoms with Crippen LogP contribution in [0.2, 0.25) is 0 Å². The summed E-state index contributed by atoms with van der Waals surface area (Å²) in [6.45, 7) is 6.56. The maximum atomic E-state index is 5.90. The van der Waals surface area contributed by atoms with Gasteiger partial charge in [-0.05, 0) is 45.4 Å². The van der Waals surface area contributed by atoms with E-state index in [2.05, 4.69) is 20.8 Å². The fraction of sp³-hybridized carbons (Fsp3) is 1.00. The third-order valence-electron chi connectivity index (χ3n) is 2.80. The van der Waals surface area contributed by atoms with Crippen molar-refractivity contribution < 1.29 is 4.74 Å².